The van der Waals surface area contributed by atoms with E-state index in [1.54, 1.807) is 18.2 Å². The highest BCUT2D eigenvalue weighted by atomic mass is 16.2. The molecular weight excluding hydrogens is 376 g/mol. The first-order valence-corrected chi connectivity index (χ1v) is 9.27. The number of imide groups is 2. The number of carbonyl (C=O) groups excluding carboxylic acids is 5. The lowest BCUT2D eigenvalue weighted by atomic mass is 9.86. The van der Waals surface area contributed by atoms with Crippen LogP contribution in [-0.4, -0.2) is 52.6 Å². The summed E-state index contributed by atoms with van der Waals surface area (Å²) in [5, 5.41) is 8.10. The van der Waals surface area contributed by atoms with Crippen molar-refractivity contribution in [3.8, 4) is 12.3 Å². The van der Waals surface area contributed by atoms with Gasteiger partial charge < -0.3 is 10.6 Å². The van der Waals surface area contributed by atoms with E-state index < -0.39 is 35.6 Å². The molecule has 2 aliphatic heterocycles. The minimum atomic E-state index is -1.000. The van der Waals surface area contributed by atoms with Gasteiger partial charge in [0.05, 0.1) is 11.1 Å². The van der Waals surface area contributed by atoms with Crippen molar-refractivity contribution >= 4 is 35.2 Å². The molecule has 0 radical (unpaired) electrons. The van der Waals surface area contributed by atoms with Crippen molar-refractivity contribution in [1.29, 1.82) is 0 Å². The van der Waals surface area contributed by atoms with Crippen LogP contribution in [0.5, 0.6) is 0 Å². The van der Waals surface area contributed by atoms with Gasteiger partial charge in [0, 0.05) is 24.2 Å². The minimum Gasteiger partial charge on any atom is -0.381 e. The van der Waals surface area contributed by atoms with E-state index in [4.69, 9.17) is 6.42 Å². The Labute approximate surface area is 166 Å². The first-order chi connectivity index (χ1) is 13.9. The fourth-order valence-corrected chi connectivity index (χ4v) is 3.94. The molecule has 5 amide bonds. The Hall–Kier alpha value is -3.67. The molecule has 0 spiro atoms. The summed E-state index contributed by atoms with van der Waals surface area (Å²) in [6.45, 7) is 0. The molecule has 0 bridgehead atoms. The van der Waals surface area contributed by atoms with Crippen LogP contribution in [-0.2, 0) is 14.4 Å². The van der Waals surface area contributed by atoms with E-state index in [1.165, 1.54) is 0 Å². The Bertz CT molecular complexity index is 989. The van der Waals surface area contributed by atoms with E-state index >= 15 is 0 Å². The molecule has 9 heteroatoms. The maximum Gasteiger partial charge on any atom is 0.295 e. The summed E-state index contributed by atoms with van der Waals surface area (Å²) >= 11 is 0. The summed E-state index contributed by atoms with van der Waals surface area (Å²) in [5.41, 5.74) is 0.946. The summed E-state index contributed by atoms with van der Waals surface area (Å²) < 4.78 is 0. The third kappa shape index (κ3) is 3.23. The first-order valence-electron chi connectivity index (χ1n) is 9.27. The fourth-order valence-electron chi connectivity index (χ4n) is 3.94. The summed E-state index contributed by atoms with van der Waals surface area (Å²) in [6.07, 6.45) is 6.49. The summed E-state index contributed by atoms with van der Waals surface area (Å²) in [5.74, 6) is -0.619. The highest BCUT2D eigenvalue weighted by molar-refractivity contribution is 6.25. The molecule has 29 heavy (non-hydrogen) atoms. The second kappa shape index (κ2) is 7.05. The second-order valence-electron chi connectivity index (χ2n) is 7.30. The van der Waals surface area contributed by atoms with Crippen LogP contribution in [0, 0.1) is 12.3 Å². The van der Waals surface area contributed by atoms with Crippen molar-refractivity contribution in [3.63, 3.8) is 0 Å². The number of benzene rings is 1. The first kappa shape index (κ1) is 18.7. The number of anilines is 1. The largest absolute Gasteiger partial charge is 0.381 e. The third-order valence-corrected chi connectivity index (χ3v) is 5.43. The van der Waals surface area contributed by atoms with Crippen LogP contribution in [0.3, 0.4) is 0 Å². The zero-order valence-electron chi connectivity index (χ0n) is 15.4. The molecule has 1 aliphatic carbocycles. The number of piperidine rings is 1. The quantitative estimate of drug-likeness (QED) is 0.479. The predicted octanol–water partition coefficient (Wildman–Crippen LogP) is -0.220. The summed E-state index contributed by atoms with van der Waals surface area (Å²) in [6, 6.07) is 3.88. The Morgan fingerprint density at radius 2 is 1.90 bits per heavy atom. The molecule has 2 heterocycles. The number of nitrogens with zero attached hydrogens (tertiary/aromatic N) is 1. The number of hydrogen-bond acceptors (Lipinski definition) is 6. The molecule has 3 aliphatic rings. The predicted molar refractivity (Wildman–Crippen MR) is 101 cm³/mol. The van der Waals surface area contributed by atoms with Crippen molar-refractivity contribution in [2.75, 3.05) is 5.32 Å². The van der Waals surface area contributed by atoms with Gasteiger partial charge in [-0.25, -0.2) is 0 Å². The SMILES string of the molecule is C#CC(=O)NC1CC(Nc2cccc3c2C(=O)N(C2CCC(=O)NC2=O)C3=O)C1. The van der Waals surface area contributed by atoms with Crippen molar-refractivity contribution in [3.05, 3.63) is 29.3 Å². The molecule has 3 N–H and O–H groups in total. The maximum absolute atomic E-state index is 13.0. The molecule has 1 saturated carbocycles. The molecule has 148 valence electrons. The monoisotopic (exact) mass is 394 g/mol. The number of terminal acetylenes is 1. The van der Waals surface area contributed by atoms with E-state index in [-0.39, 0.29) is 36.1 Å². The normalized spacial score (nSPS) is 25.6. The maximum atomic E-state index is 13.0. The van der Waals surface area contributed by atoms with Gasteiger partial charge in [0.1, 0.15) is 6.04 Å². The molecule has 4 rings (SSSR count). The van der Waals surface area contributed by atoms with Crippen molar-refractivity contribution in [2.45, 2.75) is 43.8 Å². The molecule has 9 nitrogen and oxygen atoms in total. The van der Waals surface area contributed by atoms with E-state index in [0.29, 0.717) is 18.5 Å². The standard InChI is InChI=1S/C20H18N4O5/c1-2-15(25)22-11-8-10(9-11)21-13-5-3-4-12-17(13)20(29)24(19(12)28)14-6-7-16(26)23-18(14)27/h1,3-5,10-11,14,21H,6-9H2,(H,22,25)(H,23,26,27). The van der Waals surface area contributed by atoms with Gasteiger partial charge in [-0.3, -0.25) is 34.2 Å². The second-order valence-corrected chi connectivity index (χ2v) is 7.30. The van der Waals surface area contributed by atoms with Crippen LogP contribution in [0.2, 0.25) is 0 Å². The van der Waals surface area contributed by atoms with E-state index in [0.717, 1.165) is 4.90 Å². The Balaban J connectivity index is 1.50. The summed E-state index contributed by atoms with van der Waals surface area (Å²) in [4.78, 5) is 61.5. The molecule has 1 saturated heterocycles. The molecule has 0 aromatic heterocycles. The minimum absolute atomic E-state index is 0.0112. The van der Waals surface area contributed by atoms with E-state index in [1.807, 2.05) is 5.92 Å². The van der Waals surface area contributed by atoms with Crippen LogP contribution in [0.15, 0.2) is 18.2 Å². The fraction of sp³-hybridized carbons (Fsp3) is 0.350. The highest BCUT2D eigenvalue weighted by Crippen LogP contribution is 2.34. The smallest absolute Gasteiger partial charge is 0.295 e. The van der Waals surface area contributed by atoms with Gasteiger partial charge in [-0.2, -0.15) is 0 Å². The van der Waals surface area contributed by atoms with Gasteiger partial charge in [0.2, 0.25) is 11.8 Å². The van der Waals surface area contributed by atoms with Crippen LogP contribution in [0.1, 0.15) is 46.4 Å². The number of rotatable bonds is 4. The van der Waals surface area contributed by atoms with Crippen molar-refractivity contribution < 1.29 is 24.0 Å². The number of hydrogen-bond donors (Lipinski definition) is 3. The van der Waals surface area contributed by atoms with Gasteiger partial charge in [0.15, 0.2) is 0 Å². The van der Waals surface area contributed by atoms with E-state index in [2.05, 4.69) is 16.0 Å². The number of nitrogens with one attached hydrogen (secondary N) is 3. The number of fused-ring (bicyclic) bond motifs is 1. The van der Waals surface area contributed by atoms with Crippen LogP contribution < -0.4 is 16.0 Å². The molecule has 1 atom stereocenters. The van der Waals surface area contributed by atoms with Gasteiger partial charge >= 0.3 is 0 Å². The van der Waals surface area contributed by atoms with Crippen molar-refractivity contribution in [1.82, 2.24) is 15.5 Å². The van der Waals surface area contributed by atoms with E-state index in [9.17, 15) is 24.0 Å². The van der Waals surface area contributed by atoms with Gasteiger partial charge in [-0.05, 0) is 37.3 Å². The zero-order valence-corrected chi connectivity index (χ0v) is 15.4. The van der Waals surface area contributed by atoms with Crippen LogP contribution in [0.4, 0.5) is 5.69 Å². The van der Waals surface area contributed by atoms with Crippen LogP contribution >= 0.6 is 0 Å². The number of carbonyl (C=O) groups is 5. The highest BCUT2D eigenvalue weighted by Gasteiger charge is 2.46. The average Bonchev–Trinajstić information content (AvgIpc) is 2.91. The van der Waals surface area contributed by atoms with Gasteiger partial charge in [0.25, 0.3) is 17.7 Å². The lowest BCUT2D eigenvalue weighted by Crippen LogP contribution is -2.54. The zero-order chi connectivity index (χ0) is 20.7. The third-order valence-electron chi connectivity index (χ3n) is 5.43. The Morgan fingerprint density at radius 3 is 2.59 bits per heavy atom. The molecule has 1 aromatic carbocycles. The topological polar surface area (TPSA) is 125 Å². The van der Waals surface area contributed by atoms with Crippen molar-refractivity contribution in [2.24, 2.45) is 0 Å². The Morgan fingerprint density at radius 1 is 1.14 bits per heavy atom. The van der Waals surface area contributed by atoms with Gasteiger partial charge in [-0.1, -0.05) is 6.07 Å². The Kier molecular flexibility index (Phi) is 4.54. The molecule has 2 fully saturated rings. The average molecular weight is 394 g/mol. The summed E-state index contributed by atoms with van der Waals surface area (Å²) in [7, 11) is 0. The van der Waals surface area contributed by atoms with Crippen LogP contribution in [0.25, 0.3) is 0 Å². The lowest BCUT2D eigenvalue weighted by Gasteiger charge is -2.36. The van der Waals surface area contributed by atoms with Gasteiger partial charge in [-0.15, -0.1) is 6.42 Å². The molecular formula is C20H18N4O5. The lowest BCUT2D eigenvalue weighted by molar-refractivity contribution is -0.136. The number of amides is 5. The molecule has 1 aromatic rings. The molecule has 1 unspecified atom stereocenters.